The number of fused-ring (bicyclic) bond motifs is 1. The highest BCUT2D eigenvalue weighted by atomic mass is 19.1. The number of carbonyl (C=O) groups is 1. The zero-order valence-electron chi connectivity index (χ0n) is 16.9. The molecule has 2 heterocycles. The summed E-state index contributed by atoms with van der Waals surface area (Å²) in [6.07, 6.45) is 2.60. The molecule has 0 saturated heterocycles. The van der Waals surface area contributed by atoms with E-state index in [1.807, 2.05) is 0 Å². The minimum absolute atomic E-state index is 0.0519. The fraction of sp³-hybridized carbons (Fsp3) is 0.136. The zero-order valence-corrected chi connectivity index (χ0v) is 16.9. The maximum absolute atomic E-state index is 13.5. The fourth-order valence-electron chi connectivity index (χ4n) is 3.25. The van der Waals surface area contributed by atoms with Gasteiger partial charge in [0.15, 0.2) is 11.2 Å². The average Bonchev–Trinajstić information content (AvgIpc) is 2.78. The Morgan fingerprint density at radius 3 is 2.41 bits per heavy atom. The van der Waals surface area contributed by atoms with Crippen LogP contribution < -0.4 is 16.6 Å². The molecule has 0 saturated carbocycles. The Labute approximate surface area is 179 Å². The van der Waals surface area contributed by atoms with E-state index in [0.29, 0.717) is 11.1 Å². The minimum Gasteiger partial charge on any atom is -0.324 e. The predicted octanol–water partition coefficient (Wildman–Crippen LogP) is 2.23. The number of rotatable bonds is 5. The van der Waals surface area contributed by atoms with Crippen molar-refractivity contribution < 1.29 is 13.6 Å². The lowest BCUT2D eigenvalue weighted by molar-refractivity contribution is -0.116. The van der Waals surface area contributed by atoms with Gasteiger partial charge in [-0.2, -0.15) is 0 Å². The first-order chi connectivity index (χ1) is 15.3. The minimum atomic E-state index is -0.779. The van der Waals surface area contributed by atoms with E-state index in [2.05, 4.69) is 15.3 Å². The molecule has 0 bridgehead atoms. The van der Waals surface area contributed by atoms with Crippen molar-refractivity contribution in [3.63, 3.8) is 0 Å². The van der Waals surface area contributed by atoms with Crippen LogP contribution >= 0.6 is 0 Å². The van der Waals surface area contributed by atoms with Gasteiger partial charge in [-0.3, -0.25) is 18.7 Å². The molecular weight excluding hydrogens is 420 g/mol. The summed E-state index contributed by atoms with van der Waals surface area (Å²) >= 11 is 0. The van der Waals surface area contributed by atoms with Gasteiger partial charge < -0.3 is 5.32 Å². The third kappa shape index (κ3) is 4.15. The van der Waals surface area contributed by atoms with Gasteiger partial charge >= 0.3 is 5.69 Å². The van der Waals surface area contributed by atoms with Crippen molar-refractivity contribution in [1.29, 1.82) is 0 Å². The molecule has 0 unspecified atom stereocenters. The van der Waals surface area contributed by atoms with Gasteiger partial charge in [-0.05, 0) is 42.3 Å². The number of aryl methyl sites for hydroxylation is 1. The van der Waals surface area contributed by atoms with Crippen LogP contribution in [0, 0.1) is 18.6 Å². The summed E-state index contributed by atoms with van der Waals surface area (Å²) < 4.78 is 28.7. The van der Waals surface area contributed by atoms with Crippen molar-refractivity contribution >= 4 is 22.8 Å². The number of nitrogens with zero attached hydrogens (tertiary/aromatic N) is 4. The Bertz CT molecular complexity index is 1450. The summed E-state index contributed by atoms with van der Waals surface area (Å²) in [7, 11) is 0. The third-order valence-electron chi connectivity index (χ3n) is 4.87. The van der Waals surface area contributed by atoms with Crippen LogP contribution in [-0.4, -0.2) is 25.0 Å². The monoisotopic (exact) mass is 437 g/mol. The second-order valence-electron chi connectivity index (χ2n) is 7.12. The van der Waals surface area contributed by atoms with Gasteiger partial charge in [0.1, 0.15) is 18.2 Å². The van der Waals surface area contributed by atoms with Crippen molar-refractivity contribution in [2.45, 2.75) is 20.0 Å². The number of hydrogen-bond donors (Lipinski definition) is 1. The molecular formula is C22H17F2N5O3. The first-order valence-corrected chi connectivity index (χ1v) is 9.58. The molecule has 4 aromatic rings. The molecule has 32 heavy (non-hydrogen) atoms. The van der Waals surface area contributed by atoms with E-state index < -0.39 is 35.3 Å². The predicted molar refractivity (Wildman–Crippen MR) is 113 cm³/mol. The number of anilines is 1. The first kappa shape index (κ1) is 21.0. The van der Waals surface area contributed by atoms with E-state index in [1.54, 1.807) is 6.92 Å². The van der Waals surface area contributed by atoms with E-state index in [4.69, 9.17) is 0 Å². The number of carbonyl (C=O) groups excluding carboxylic acids is 1. The highest BCUT2D eigenvalue weighted by molar-refractivity contribution is 5.91. The van der Waals surface area contributed by atoms with Gasteiger partial charge in [0.05, 0.1) is 6.54 Å². The van der Waals surface area contributed by atoms with Gasteiger partial charge in [-0.15, -0.1) is 0 Å². The average molecular weight is 437 g/mol. The van der Waals surface area contributed by atoms with Crippen LogP contribution in [0.4, 0.5) is 14.5 Å². The smallest absolute Gasteiger partial charge is 0.324 e. The standard InChI is InChI=1S/C22H17F2N5O3/c1-13-2-5-16(24)10-17(13)27-18(30)12-28-20-19(25-8-9-26-20)21(31)29(22(28)32)11-14-3-6-15(23)7-4-14/h2-10H,11-12H2,1H3,(H,27,30). The highest BCUT2D eigenvalue weighted by Gasteiger charge is 2.18. The summed E-state index contributed by atoms with van der Waals surface area (Å²) in [5, 5.41) is 2.57. The number of benzene rings is 2. The molecule has 1 N–H and O–H groups in total. The van der Waals surface area contributed by atoms with Crippen molar-refractivity contribution in [1.82, 2.24) is 19.1 Å². The molecule has 0 radical (unpaired) electrons. The summed E-state index contributed by atoms with van der Waals surface area (Å²) in [5.41, 5.74) is -0.192. The Morgan fingerprint density at radius 1 is 0.969 bits per heavy atom. The molecule has 0 spiro atoms. The SMILES string of the molecule is Cc1ccc(F)cc1NC(=O)Cn1c(=O)n(Cc2ccc(F)cc2)c(=O)c2nccnc21. The maximum atomic E-state index is 13.5. The normalized spacial score (nSPS) is 11.0. The van der Waals surface area contributed by atoms with Crippen LogP contribution in [0.15, 0.2) is 64.4 Å². The molecule has 4 rings (SSSR count). The van der Waals surface area contributed by atoms with Gasteiger partial charge in [0.25, 0.3) is 5.56 Å². The number of nitrogens with one attached hydrogen (secondary N) is 1. The Balaban J connectivity index is 1.75. The molecule has 1 amide bonds. The van der Waals surface area contributed by atoms with Gasteiger partial charge in [-0.1, -0.05) is 18.2 Å². The van der Waals surface area contributed by atoms with Crippen molar-refractivity contribution in [3.8, 4) is 0 Å². The molecule has 0 aliphatic heterocycles. The maximum Gasteiger partial charge on any atom is 0.333 e. The first-order valence-electron chi connectivity index (χ1n) is 9.58. The topological polar surface area (TPSA) is 98.9 Å². The lowest BCUT2D eigenvalue weighted by atomic mass is 10.2. The third-order valence-corrected chi connectivity index (χ3v) is 4.87. The molecule has 0 atom stereocenters. The van der Waals surface area contributed by atoms with Crippen molar-refractivity contribution in [2.75, 3.05) is 5.32 Å². The summed E-state index contributed by atoms with van der Waals surface area (Å²) in [6.45, 7) is 1.08. The fourth-order valence-corrected chi connectivity index (χ4v) is 3.25. The van der Waals surface area contributed by atoms with E-state index in [-0.39, 0.29) is 23.4 Å². The van der Waals surface area contributed by atoms with Gasteiger partial charge in [-0.25, -0.2) is 23.5 Å². The Hall–Kier alpha value is -4.21. The molecule has 0 aliphatic rings. The zero-order chi connectivity index (χ0) is 22.8. The van der Waals surface area contributed by atoms with Gasteiger partial charge in [0.2, 0.25) is 5.91 Å². The molecule has 2 aromatic heterocycles. The number of hydrogen-bond acceptors (Lipinski definition) is 5. The van der Waals surface area contributed by atoms with E-state index in [1.165, 1.54) is 54.9 Å². The number of amides is 1. The van der Waals surface area contributed by atoms with Crippen LogP contribution in [-0.2, 0) is 17.9 Å². The Morgan fingerprint density at radius 2 is 1.66 bits per heavy atom. The second kappa shape index (κ2) is 8.50. The number of halogens is 2. The van der Waals surface area contributed by atoms with Crippen LogP contribution in [0.1, 0.15) is 11.1 Å². The van der Waals surface area contributed by atoms with Crippen LogP contribution in [0.3, 0.4) is 0 Å². The molecule has 10 heteroatoms. The van der Waals surface area contributed by atoms with Gasteiger partial charge in [0, 0.05) is 18.1 Å². The second-order valence-corrected chi connectivity index (χ2v) is 7.12. The van der Waals surface area contributed by atoms with Crippen molar-refractivity contribution in [3.05, 3.63) is 98.5 Å². The van der Waals surface area contributed by atoms with Crippen LogP contribution in [0.2, 0.25) is 0 Å². The molecule has 0 fully saturated rings. The lowest BCUT2D eigenvalue weighted by Crippen LogP contribution is -2.42. The van der Waals surface area contributed by atoms with E-state index in [9.17, 15) is 23.2 Å². The molecule has 0 aliphatic carbocycles. The lowest BCUT2D eigenvalue weighted by Gasteiger charge is -2.14. The van der Waals surface area contributed by atoms with E-state index in [0.717, 1.165) is 9.13 Å². The van der Waals surface area contributed by atoms with Crippen molar-refractivity contribution in [2.24, 2.45) is 0 Å². The molecule has 162 valence electrons. The largest absolute Gasteiger partial charge is 0.333 e. The summed E-state index contributed by atoms with van der Waals surface area (Å²) in [6, 6.07) is 9.29. The van der Waals surface area contributed by atoms with E-state index >= 15 is 0 Å². The van der Waals surface area contributed by atoms with Crippen LogP contribution in [0.25, 0.3) is 11.2 Å². The Kier molecular flexibility index (Phi) is 5.59. The quantitative estimate of drug-likeness (QED) is 0.516. The molecule has 2 aromatic carbocycles. The summed E-state index contributed by atoms with van der Waals surface area (Å²) in [4.78, 5) is 46.7. The summed E-state index contributed by atoms with van der Waals surface area (Å²) in [5.74, 6) is -1.58. The highest BCUT2D eigenvalue weighted by Crippen LogP contribution is 2.16. The molecule has 8 nitrogen and oxygen atoms in total. The van der Waals surface area contributed by atoms with Crippen LogP contribution in [0.5, 0.6) is 0 Å². The number of aromatic nitrogens is 4.